The lowest BCUT2D eigenvalue weighted by Crippen LogP contribution is -3.05. The number of nitrogens with two attached hydrogens (primary N) is 1. The van der Waals surface area contributed by atoms with E-state index in [-0.39, 0.29) is 24.8 Å². The van der Waals surface area contributed by atoms with E-state index in [1.807, 2.05) is 18.2 Å². The average Bonchev–Trinajstić information content (AvgIpc) is 2.28. The van der Waals surface area contributed by atoms with E-state index in [4.69, 9.17) is 5.73 Å². The van der Waals surface area contributed by atoms with Crippen LogP contribution in [-0.4, -0.2) is 27.2 Å². The van der Waals surface area contributed by atoms with Crippen LogP contribution in [0.25, 0.3) is 0 Å². The Labute approximate surface area is 117 Å². The molecular weight excluding hydrogens is 257 g/mol. The summed E-state index contributed by atoms with van der Waals surface area (Å²) >= 11 is 0. The van der Waals surface area contributed by atoms with Crippen LogP contribution in [0.4, 0.5) is 0 Å². The maximum absolute atomic E-state index is 5.26. The fourth-order valence-electron chi connectivity index (χ4n) is 1.10. The number of quaternary nitrogens is 2. The summed E-state index contributed by atoms with van der Waals surface area (Å²) < 4.78 is 0. The van der Waals surface area contributed by atoms with Crippen LogP contribution in [0.3, 0.4) is 0 Å². The topological polar surface area (TPSA) is 58.1 Å². The highest BCUT2D eigenvalue weighted by atomic mass is 35.5. The second-order valence-electron chi connectivity index (χ2n) is 3.83. The van der Waals surface area contributed by atoms with Gasteiger partial charge in [-0.15, -0.1) is 0 Å². The van der Waals surface area contributed by atoms with Gasteiger partial charge in [0.15, 0.2) is 0 Å². The molecule has 0 radical (unpaired) electrons. The van der Waals surface area contributed by atoms with Crippen LogP contribution in [0.1, 0.15) is 12.0 Å². The predicted molar refractivity (Wildman–Crippen MR) is 64.4 cm³/mol. The molecule has 5 heteroatoms. The third-order valence-corrected chi connectivity index (χ3v) is 2.01. The number of hydrogen-bond acceptors (Lipinski definition) is 1. The van der Waals surface area contributed by atoms with Crippen molar-refractivity contribution in [3.05, 3.63) is 35.9 Å². The molecule has 0 saturated heterocycles. The zero-order chi connectivity index (χ0) is 11.5. The van der Waals surface area contributed by atoms with Crippen LogP contribution < -0.4 is 41.2 Å². The molecule has 0 heterocycles. The van der Waals surface area contributed by atoms with Gasteiger partial charge < -0.3 is 41.2 Å². The van der Waals surface area contributed by atoms with E-state index in [0.717, 1.165) is 19.5 Å². The molecule has 6 N–H and O–H groups in total. The summed E-state index contributed by atoms with van der Waals surface area (Å²) in [6.07, 6.45) is 1.14. The molecule has 0 unspecified atom stereocenters. The molecule has 0 spiro atoms. The van der Waals surface area contributed by atoms with Gasteiger partial charge in [0.25, 0.3) is 0 Å². The van der Waals surface area contributed by atoms with Gasteiger partial charge in [0.2, 0.25) is 0 Å². The average molecular weight is 282 g/mol. The van der Waals surface area contributed by atoms with Gasteiger partial charge in [0.1, 0.15) is 0 Å². The predicted octanol–water partition coefficient (Wildman–Crippen LogP) is -7.08. The molecular formula is C12H25Cl2N3. The van der Waals surface area contributed by atoms with Crippen LogP contribution in [0.15, 0.2) is 30.3 Å². The highest BCUT2D eigenvalue weighted by molar-refractivity contribution is 5.12. The standard InChI is InChI=1S/C7H9N.C5H14N2.2ClH/c8-6-7-4-2-1-3-5-7;1-7(2)5-3-4-6;;/h1-5H,6,8H2;3-6H2,1-2H3;2*1H. The Kier molecular flexibility index (Phi) is 20.2. The molecule has 0 aliphatic rings. The van der Waals surface area contributed by atoms with E-state index in [1.165, 1.54) is 17.0 Å². The molecule has 0 saturated carbocycles. The second-order valence-corrected chi connectivity index (χ2v) is 3.83. The van der Waals surface area contributed by atoms with Crippen molar-refractivity contribution >= 4 is 0 Å². The molecule has 1 rings (SSSR count). The summed E-state index contributed by atoms with van der Waals surface area (Å²) in [5.41, 5.74) is 10.3. The molecule has 0 aliphatic heterocycles. The van der Waals surface area contributed by atoms with Crippen LogP contribution in [-0.2, 0) is 6.54 Å². The van der Waals surface area contributed by atoms with Gasteiger partial charge >= 0.3 is 0 Å². The van der Waals surface area contributed by atoms with E-state index in [1.54, 1.807) is 0 Å². The lowest BCUT2D eigenvalue weighted by atomic mass is 10.2. The fourth-order valence-corrected chi connectivity index (χ4v) is 1.10. The Morgan fingerprint density at radius 1 is 1.12 bits per heavy atom. The van der Waals surface area contributed by atoms with Crippen molar-refractivity contribution in [3.8, 4) is 0 Å². The maximum atomic E-state index is 5.26. The number of halogens is 2. The maximum Gasteiger partial charge on any atom is 0.0997 e. The van der Waals surface area contributed by atoms with Crippen LogP contribution in [0, 0.1) is 0 Å². The van der Waals surface area contributed by atoms with Crippen molar-refractivity contribution < 1.29 is 35.4 Å². The minimum atomic E-state index is 0. The summed E-state index contributed by atoms with van der Waals surface area (Å²) in [5, 5.41) is 0. The fraction of sp³-hybridized carbons (Fsp3) is 0.500. The van der Waals surface area contributed by atoms with E-state index in [9.17, 15) is 0 Å². The summed E-state index contributed by atoms with van der Waals surface area (Å²) in [5.74, 6) is 0. The van der Waals surface area contributed by atoms with Gasteiger partial charge in [-0.2, -0.15) is 0 Å². The summed E-state index contributed by atoms with van der Waals surface area (Å²) in [6, 6.07) is 10.2. The second kappa shape index (κ2) is 15.7. The number of benzene rings is 1. The van der Waals surface area contributed by atoms with Crippen molar-refractivity contribution in [1.82, 2.24) is 0 Å². The molecule has 17 heavy (non-hydrogen) atoms. The highest BCUT2D eigenvalue weighted by Gasteiger charge is 1.87. The molecule has 0 bridgehead atoms. The van der Waals surface area contributed by atoms with E-state index >= 15 is 0 Å². The molecule has 1 aromatic rings. The Balaban J connectivity index is -0.000000208. The van der Waals surface area contributed by atoms with Gasteiger partial charge in [0.05, 0.1) is 27.2 Å². The third-order valence-electron chi connectivity index (χ3n) is 2.01. The Morgan fingerprint density at radius 3 is 1.88 bits per heavy atom. The van der Waals surface area contributed by atoms with Gasteiger partial charge in [-0.3, -0.25) is 0 Å². The molecule has 3 nitrogen and oxygen atoms in total. The Hall–Kier alpha value is -0.320. The van der Waals surface area contributed by atoms with Crippen LogP contribution in [0.5, 0.6) is 0 Å². The first kappa shape index (κ1) is 21.9. The highest BCUT2D eigenvalue weighted by Crippen LogP contribution is 1.93. The molecule has 0 amide bonds. The van der Waals surface area contributed by atoms with Crippen molar-refractivity contribution in [2.24, 2.45) is 5.73 Å². The number of hydrogen-bond donors (Lipinski definition) is 3. The molecule has 0 aliphatic carbocycles. The van der Waals surface area contributed by atoms with Crippen LogP contribution >= 0.6 is 0 Å². The number of nitrogens with one attached hydrogen (secondary N) is 1. The monoisotopic (exact) mass is 281 g/mol. The number of rotatable bonds is 4. The van der Waals surface area contributed by atoms with Crippen molar-refractivity contribution in [2.75, 3.05) is 27.2 Å². The zero-order valence-electron chi connectivity index (χ0n) is 10.8. The third kappa shape index (κ3) is 15.7. The van der Waals surface area contributed by atoms with E-state index in [2.05, 4.69) is 32.0 Å². The summed E-state index contributed by atoms with van der Waals surface area (Å²) in [7, 11) is 4.27. The minimum absolute atomic E-state index is 0. The SMILES string of the molecule is C[NH+](C)CCCN.[Cl-].[Cl-].[NH3+]Cc1ccccc1. The van der Waals surface area contributed by atoms with Crippen molar-refractivity contribution in [2.45, 2.75) is 13.0 Å². The first-order valence-electron chi connectivity index (χ1n) is 5.53. The smallest absolute Gasteiger partial charge is 0.0997 e. The van der Waals surface area contributed by atoms with E-state index < -0.39 is 0 Å². The van der Waals surface area contributed by atoms with Gasteiger partial charge in [-0.05, 0) is 6.54 Å². The zero-order valence-corrected chi connectivity index (χ0v) is 12.3. The molecule has 1 aromatic carbocycles. The molecule has 0 aromatic heterocycles. The first-order valence-corrected chi connectivity index (χ1v) is 5.53. The quantitative estimate of drug-likeness (QED) is 0.505. The first-order chi connectivity index (χ1) is 7.20. The van der Waals surface area contributed by atoms with Gasteiger partial charge in [-0.25, -0.2) is 0 Å². The minimum Gasteiger partial charge on any atom is -1.00 e. The van der Waals surface area contributed by atoms with Crippen molar-refractivity contribution in [1.29, 1.82) is 0 Å². The van der Waals surface area contributed by atoms with Gasteiger partial charge in [-0.1, -0.05) is 30.3 Å². The Bertz CT molecular complexity index is 230. The normalized spacial score (nSPS) is 8.53. The van der Waals surface area contributed by atoms with Gasteiger partial charge in [0, 0.05) is 12.0 Å². The summed E-state index contributed by atoms with van der Waals surface area (Å²) in [4.78, 5) is 1.48. The van der Waals surface area contributed by atoms with Crippen molar-refractivity contribution in [3.63, 3.8) is 0 Å². The lowest BCUT2D eigenvalue weighted by molar-refractivity contribution is -0.858. The molecule has 0 fully saturated rings. The largest absolute Gasteiger partial charge is 1.00 e. The molecule has 0 atom stereocenters. The Morgan fingerprint density at radius 2 is 1.65 bits per heavy atom. The lowest BCUT2D eigenvalue weighted by Gasteiger charge is -2.03. The van der Waals surface area contributed by atoms with E-state index in [0.29, 0.717) is 0 Å². The summed E-state index contributed by atoms with van der Waals surface area (Å²) in [6.45, 7) is 2.91. The molecule has 102 valence electrons. The van der Waals surface area contributed by atoms with Crippen LogP contribution in [0.2, 0.25) is 0 Å².